The van der Waals surface area contributed by atoms with E-state index in [1.807, 2.05) is 24.0 Å². The summed E-state index contributed by atoms with van der Waals surface area (Å²) in [6.07, 6.45) is 9.03. The van der Waals surface area contributed by atoms with Crippen LogP contribution in [0.1, 0.15) is 36.4 Å². The zero-order chi connectivity index (χ0) is 28.1. The first-order valence-electron chi connectivity index (χ1n) is 13.6. The predicted octanol–water partition coefficient (Wildman–Crippen LogP) is 5.33. The number of piperidine rings is 2. The molecule has 206 valence electrons. The highest BCUT2D eigenvalue weighted by molar-refractivity contribution is 5.88. The lowest BCUT2D eigenvalue weighted by Gasteiger charge is -2.49. The molecule has 3 aliphatic rings. The Morgan fingerprint density at radius 2 is 2.05 bits per heavy atom. The maximum absolute atomic E-state index is 15.4. The van der Waals surface area contributed by atoms with Crippen LogP contribution in [0, 0.1) is 18.7 Å². The Bertz CT molecular complexity index is 1820. The van der Waals surface area contributed by atoms with Crippen LogP contribution in [0.5, 0.6) is 11.5 Å². The Morgan fingerprint density at radius 3 is 2.90 bits per heavy atom. The molecular formula is C30H27FN8O2. The molecule has 0 unspecified atom stereocenters. The molecule has 1 N–H and O–H groups in total. The molecule has 4 aromatic heterocycles. The topological polar surface area (TPSA) is 110 Å². The minimum atomic E-state index is -0.500. The van der Waals surface area contributed by atoms with Crippen molar-refractivity contribution in [1.82, 2.24) is 34.4 Å². The number of halogens is 1. The van der Waals surface area contributed by atoms with Crippen molar-refractivity contribution in [3.63, 3.8) is 0 Å². The number of pyridine rings is 2. The van der Waals surface area contributed by atoms with Crippen molar-refractivity contribution in [3.05, 3.63) is 85.0 Å². The Hall–Kier alpha value is -4.93. The molecule has 1 amide bonds. The quantitative estimate of drug-likeness (QED) is 0.283. The van der Waals surface area contributed by atoms with Crippen LogP contribution in [0.3, 0.4) is 0 Å². The Kier molecular flexibility index (Phi) is 6.06. The van der Waals surface area contributed by atoms with Gasteiger partial charge < -0.3 is 15.0 Å². The number of anilines is 2. The highest BCUT2D eigenvalue weighted by Gasteiger charge is 2.43. The second kappa shape index (κ2) is 9.92. The van der Waals surface area contributed by atoms with Crippen LogP contribution in [0.4, 0.5) is 15.9 Å². The van der Waals surface area contributed by atoms with Gasteiger partial charge in [0.1, 0.15) is 35.5 Å². The minimum absolute atomic E-state index is 0.0340. The number of aryl methyl sites for hydroxylation is 1. The number of amides is 1. The molecule has 8 rings (SSSR count). The fraction of sp³-hybridized carbons (Fsp3) is 0.267. The van der Waals surface area contributed by atoms with Gasteiger partial charge in [-0.1, -0.05) is 6.58 Å². The monoisotopic (exact) mass is 550 g/mol. The molecule has 10 nitrogen and oxygen atoms in total. The lowest BCUT2D eigenvalue weighted by atomic mass is 9.71. The summed E-state index contributed by atoms with van der Waals surface area (Å²) in [5.41, 5.74) is 3.68. The molecule has 2 bridgehead atoms. The molecule has 0 spiro atoms. The summed E-state index contributed by atoms with van der Waals surface area (Å²) in [6, 6.07) is 10.5. The molecule has 11 heteroatoms. The van der Waals surface area contributed by atoms with Gasteiger partial charge in [0.15, 0.2) is 11.5 Å². The van der Waals surface area contributed by atoms with Crippen molar-refractivity contribution >= 4 is 34.1 Å². The van der Waals surface area contributed by atoms with Gasteiger partial charge in [0.25, 0.3) is 0 Å². The van der Waals surface area contributed by atoms with Crippen molar-refractivity contribution in [1.29, 1.82) is 0 Å². The summed E-state index contributed by atoms with van der Waals surface area (Å²) in [4.78, 5) is 32.4. The maximum Gasteiger partial charge on any atom is 0.246 e. The van der Waals surface area contributed by atoms with Gasteiger partial charge >= 0.3 is 0 Å². The van der Waals surface area contributed by atoms with E-state index in [1.165, 1.54) is 24.8 Å². The van der Waals surface area contributed by atoms with Crippen LogP contribution in [0.15, 0.2) is 67.9 Å². The largest absolute Gasteiger partial charge is 0.457 e. The summed E-state index contributed by atoms with van der Waals surface area (Å²) in [6.45, 7) is 6.29. The Labute approximate surface area is 234 Å². The van der Waals surface area contributed by atoms with Gasteiger partial charge in [-0.2, -0.15) is 5.10 Å². The predicted molar refractivity (Wildman–Crippen MR) is 151 cm³/mol. The van der Waals surface area contributed by atoms with E-state index in [0.717, 1.165) is 37.1 Å². The van der Waals surface area contributed by atoms with Crippen LogP contribution in [-0.2, 0) is 4.79 Å². The second-order valence-corrected chi connectivity index (χ2v) is 10.6. The maximum atomic E-state index is 15.4. The zero-order valence-corrected chi connectivity index (χ0v) is 22.4. The first-order valence-corrected chi connectivity index (χ1v) is 13.6. The third kappa shape index (κ3) is 4.52. The number of rotatable bonds is 6. The Morgan fingerprint density at radius 1 is 1.15 bits per heavy atom. The number of hydrogen-bond donors (Lipinski definition) is 1. The molecule has 0 radical (unpaired) electrons. The van der Waals surface area contributed by atoms with Crippen molar-refractivity contribution in [2.24, 2.45) is 5.92 Å². The molecule has 6 heterocycles. The molecule has 1 saturated carbocycles. The first-order chi connectivity index (χ1) is 20.0. The van der Waals surface area contributed by atoms with Gasteiger partial charge in [-0.15, -0.1) is 0 Å². The summed E-state index contributed by atoms with van der Waals surface area (Å²) in [5, 5.41) is 7.20. The Balaban J connectivity index is 1.18. The number of hydrogen-bond acceptors (Lipinski definition) is 8. The highest BCUT2D eigenvalue weighted by atomic mass is 19.1. The molecule has 2 aliphatic heterocycles. The van der Waals surface area contributed by atoms with E-state index in [1.54, 1.807) is 28.9 Å². The smallest absolute Gasteiger partial charge is 0.246 e. The summed E-state index contributed by atoms with van der Waals surface area (Å²) in [7, 11) is 0. The molecule has 1 aliphatic carbocycles. The third-order valence-electron chi connectivity index (χ3n) is 8.12. The fourth-order valence-corrected chi connectivity index (χ4v) is 6.12. The van der Waals surface area contributed by atoms with Crippen LogP contribution in [-0.4, -0.2) is 52.9 Å². The van der Waals surface area contributed by atoms with Crippen molar-refractivity contribution in [3.8, 4) is 11.5 Å². The van der Waals surface area contributed by atoms with Gasteiger partial charge in [-0.3, -0.25) is 4.79 Å². The van der Waals surface area contributed by atoms with E-state index in [4.69, 9.17) is 9.72 Å². The van der Waals surface area contributed by atoms with E-state index >= 15 is 4.39 Å². The van der Waals surface area contributed by atoms with E-state index < -0.39 is 5.82 Å². The first kappa shape index (κ1) is 25.1. The number of benzene rings is 1. The molecule has 41 heavy (non-hydrogen) atoms. The van der Waals surface area contributed by atoms with Gasteiger partial charge in [-0.25, -0.2) is 28.8 Å². The van der Waals surface area contributed by atoms with E-state index in [9.17, 15) is 4.79 Å². The van der Waals surface area contributed by atoms with Crippen molar-refractivity contribution in [2.45, 2.75) is 38.1 Å². The van der Waals surface area contributed by atoms with Crippen molar-refractivity contribution < 1.29 is 13.9 Å². The zero-order valence-electron chi connectivity index (χ0n) is 22.4. The van der Waals surface area contributed by atoms with Gasteiger partial charge in [0.05, 0.1) is 11.2 Å². The summed E-state index contributed by atoms with van der Waals surface area (Å²) < 4.78 is 23.0. The number of aromatic nitrogens is 6. The lowest BCUT2D eigenvalue weighted by molar-refractivity contribution is -0.134. The lowest BCUT2D eigenvalue weighted by Crippen LogP contribution is -2.54. The SMILES string of the molecule is C=CC(=O)N1C[C@H]2CC[C@@H]1[C@@H](c1ccc3ncnc(Nc4cc(C)c(Oc5ccn6ncnc6c5)cc4F)c3n1)C2. The third-order valence-corrected chi connectivity index (χ3v) is 8.12. The number of carbonyl (C=O) groups is 1. The number of nitrogens with zero attached hydrogens (tertiary/aromatic N) is 7. The highest BCUT2D eigenvalue weighted by Crippen LogP contribution is 2.44. The van der Waals surface area contributed by atoms with Crippen molar-refractivity contribution in [2.75, 3.05) is 11.9 Å². The van der Waals surface area contributed by atoms with Gasteiger partial charge in [-0.05, 0) is 68.0 Å². The molecule has 1 aromatic carbocycles. The molecule has 5 aromatic rings. The summed E-state index contributed by atoms with van der Waals surface area (Å²) in [5.74, 6) is 1.32. The van der Waals surface area contributed by atoms with Gasteiger partial charge in [0.2, 0.25) is 5.91 Å². The van der Waals surface area contributed by atoms with Crippen LogP contribution < -0.4 is 10.1 Å². The number of carbonyl (C=O) groups excluding carboxylic acids is 1. The number of nitrogens with one attached hydrogen (secondary N) is 1. The van der Waals surface area contributed by atoms with E-state index in [2.05, 4.69) is 31.9 Å². The number of ether oxygens (including phenoxy) is 1. The minimum Gasteiger partial charge on any atom is -0.457 e. The standard InChI is InChI=1S/C30H27FN8O2/c1-3-28(40)38-14-18-4-7-25(38)20(11-18)22-5-6-23-29(36-22)30(34-15-32-23)37-24-10-17(2)26(13-21(24)31)41-19-8-9-39-27(12-19)33-16-35-39/h3,5-6,8-10,12-13,15-16,18,20,25H,1,4,7,11,14H2,2H3,(H,32,34,37)/t18-,20+,25+/m0/s1. The van der Waals surface area contributed by atoms with Crippen LogP contribution in [0.25, 0.3) is 16.7 Å². The average Bonchev–Trinajstić information content (AvgIpc) is 3.47. The molecule has 3 atom stereocenters. The van der Waals surface area contributed by atoms with Crippen LogP contribution >= 0.6 is 0 Å². The molecular weight excluding hydrogens is 523 g/mol. The molecule has 3 fully saturated rings. The molecule has 2 saturated heterocycles. The van der Waals surface area contributed by atoms with E-state index in [-0.39, 0.29) is 23.6 Å². The second-order valence-electron chi connectivity index (χ2n) is 10.6. The van der Waals surface area contributed by atoms with Crippen LogP contribution in [0.2, 0.25) is 0 Å². The van der Waals surface area contributed by atoms with E-state index in [0.29, 0.717) is 39.9 Å². The normalized spacial score (nSPS) is 20.0. The fourth-order valence-electron chi connectivity index (χ4n) is 6.12. The van der Waals surface area contributed by atoms with Gasteiger partial charge in [0, 0.05) is 42.5 Å². The summed E-state index contributed by atoms with van der Waals surface area (Å²) >= 11 is 0. The average molecular weight is 551 g/mol. The number of fused-ring (bicyclic) bond motifs is 5.